The first-order valence-corrected chi connectivity index (χ1v) is 6.18. The lowest BCUT2D eigenvalue weighted by atomic mass is 10.4. The highest BCUT2D eigenvalue weighted by atomic mass is 32.2. The van der Waals surface area contributed by atoms with E-state index >= 15 is 0 Å². The van der Waals surface area contributed by atoms with Crippen molar-refractivity contribution in [1.29, 1.82) is 0 Å². The van der Waals surface area contributed by atoms with Crippen LogP contribution in [0.15, 0.2) is 0 Å². The van der Waals surface area contributed by atoms with Gasteiger partial charge in [-0.3, -0.25) is 4.79 Å². The van der Waals surface area contributed by atoms with Crippen molar-refractivity contribution in [1.82, 2.24) is 5.32 Å². The van der Waals surface area contributed by atoms with Crippen LogP contribution >= 0.6 is 12.6 Å². The Morgan fingerprint density at radius 2 is 2.08 bits per heavy atom. The summed E-state index contributed by atoms with van der Waals surface area (Å²) in [6.07, 6.45) is 0.690. The van der Waals surface area contributed by atoms with Crippen molar-refractivity contribution < 1.29 is 13.2 Å². The lowest BCUT2D eigenvalue weighted by Crippen LogP contribution is -2.27. The zero-order valence-corrected chi connectivity index (χ0v) is 8.90. The van der Waals surface area contributed by atoms with E-state index in [1.807, 2.05) is 0 Å². The molecular weight excluding hydrogens is 212 g/mol. The Hall–Kier alpha value is -0.270. The molecule has 0 radical (unpaired) electrons. The maximum atomic E-state index is 10.8. The van der Waals surface area contributed by atoms with Crippen molar-refractivity contribution in [3.05, 3.63) is 0 Å². The summed E-state index contributed by atoms with van der Waals surface area (Å²) in [6.45, 7) is 0.336. The monoisotopic (exact) mass is 226 g/mol. The maximum absolute atomic E-state index is 10.8. The second-order valence-electron chi connectivity index (χ2n) is 2.54. The normalized spacial score (nSPS) is 11.2. The number of nitrogens with one attached hydrogen (secondary N) is 1. The fourth-order valence-corrected chi connectivity index (χ4v) is 1.44. The molecule has 0 unspecified atom stereocenters. The molecule has 7 heteroatoms. The molecule has 78 valence electrons. The molecule has 0 bridgehead atoms. The number of nitrogens with two attached hydrogens (primary N) is 1. The molecule has 0 aromatic carbocycles. The van der Waals surface area contributed by atoms with Gasteiger partial charge in [-0.25, -0.2) is 13.6 Å². The average Bonchev–Trinajstić information content (AvgIpc) is 1.97. The molecule has 0 atom stereocenters. The molecule has 5 nitrogen and oxygen atoms in total. The molecule has 0 aliphatic rings. The summed E-state index contributed by atoms with van der Waals surface area (Å²) in [7, 11) is -3.40. The first kappa shape index (κ1) is 12.7. The molecule has 0 spiro atoms. The maximum Gasteiger partial charge on any atom is 0.220 e. The molecule has 3 N–H and O–H groups in total. The van der Waals surface area contributed by atoms with Crippen LogP contribution in [-0.2, 0) is 14.8 Å². The SMILES string of the molecule is NS(=O)(=O)CCCNC(=O)CCS. The number of sulfonamides is 1. The number of rotatable bonds is 6. The van der Waals surface area contributed by atoms with Crippen LogP contribution in [0.1, 0.15) is 12.8 Å². The van der Waals surface area contributed by atoms with E-state index in [4.69, 9.17) is 5.14 Å². The summed E-state index contributed by atoms with van der Waals surface area (Å²) in [6, 6.07) is 0. The zero-order valence-electron chi connectivity index (χ0n) is 7.19. The highest BCUT2D eigenvalue weighted by Crippen LogP contribution is 1.86. The van der Waals surface area contributed by atoms with Crippen molar-refractivity contribution in [2.24, 2.45) is 5.14 Å². The van der Waals surface area contributed by atoms with E-state index in [9.17, 15) is 13.2 Å². The third kappa shape index (κ3) is 9.65. The van der Waals surface area contributed by atoms with E-state index < -0.39 is 10.0 Å². The topological polar surface area (TPSA) is 89.3 Å². The van der Waals surface area contributed by atoms with Crippen LogP contribution in [0.25, 0.3) is 0 Å². The Balaban J connectivity index is 3.41. The summed E-state index contributed by atoms with van der Waals surface area (Å²) in [5, 5.41) is 7.31. The quantitative estimate of drug-likeness (QED) is 0.405. The first-order valence-electron chi connectivity index (χ1n) is 3.84. The smallest absolute Gasteiger partial charge is 0.220 e. The molecule has 0 saturated carbocycles. The first-order chi connectivity index (χ1) is 5.95. The molecule has 1 amide bonds. The van der Waals surface area contributed by atoms with Gasteiger partial charge in [-0.2, -0.15) is 12.6 Å². The van der Waals surface area contributed by atoms with Gasteiger partial charge in [-0.1, -0.05) is 0 Å². The number of hydrogen-bond donors (Lipinski definition) is 3. The van der Waals surface area contributed by atoms with Crippen molar-refractivity contribution in [3.63, 3.8) is 0 Å². The molecule has 0 aliphatic heterocycles. The summed E-state index contributed by atoms with van der Waals surface area (Å²) < 4.78 is 20.9. The van der Waals surface area contributed by atoms with Gasteiger partial charge in [0.05, 0.1) is 5.75 Å². The van der Waals surface area contributed by atoms with Gasteiger partial charge in [0.15, 0.2) is 0 Å². The van der Waals surface area contributed by atoms with Gasteiger partial charge in [0, 0.05) is 13.0 Å². The van der Waals surface area contributed by atoms with Crippen LogP contribution in [0.4, 0.5) is 0 Å². The van der Waals surface area contributed by atoms with Crippen LogP contribution in [-0.4, -0.2) is 32.4 Å². The van der Waals surface area contributed by atoms with Gasteiger partial charge in [0.2, 0.25) is 15.9 Å². The average molecular weight is 226 g/mol. The van der Waals surface area contributed by atoms with E-state index in [2.05, 4.69) is 17.9 Å². The highest BCUT2D eigenvalue weighted by Gasteiger charge is 2.02. The second-order valence-corrected chi connectivity index (χ2v) is 4.73. The predicted octanol–water partition coefficient (Wildman–Crippen LogP) is -0.899. The number of hydrogen-bond acceptors (Lipinski definition) is 4. The molecule has 0 fully saturated rings. The summed E-state index contributed by atoms with van der Waals surface area (Å²) >= 11 is 3.87. The van der Waals surface area contributed by atoms with Crippen molar-refractivity contribution >= 4 is 28.6 Å². The third-order valence-corrected chi connectivity index (χ3v) is 2.35. The Kier molecular flexibility index (Phi) is 6.10. The van der Waals surface area contributed by atoms with Gasteiger partial charge < -0.3 is 5.32 Å². The van der Waals surface area contributed by atoms with Gasteiger partial charge >= 0.3 is 0 Å². The largest absolute Gasteiger partial charge is 0.356 e. The fourth-order valence-electron chi connectivity index (χ4n) is 0.691. The van der Waals surface area contributed by atoms with Crippen LogP contribution in [0.2, 0.25) is 0 Å². The van der Waals surface area contributed by atoms with Crippen LogP contribution in [0.5, 0.6) is 0 Å². The van der Waals surface area contributed by atoms with Gasteiger partial charge in [-0.15, -0.1) is 0 Å². The fraction of sp³-hybridized carbons (Fsp3) is 0.833. The number of carbonyl (C=O) groups excluding carboxylic acids is 1. The third-order valence-electron chi connectivity index (χ3n) is 1.27. The summed E-state index contributed by atoms with van der Waals surface area (Å²) in [5.74, 6) is 0.263. The number of thiol groups is 1. The number of carbonyl (C=O) groups is 1. The number of amides is 1. The second kappa shape index (κ2) is 6.22. The summed E-state index contributed by atoms with van der Waals surface area (Å²) in [4.78, 5) is 10.8. The summed E-state index contributed by atoms with van der Waals surface area (Å²) in [5.41, 5.74) is 0. The number of primary sulfonamides is 1. The van der Waals surface area contributed by atoms with Crippen molar-refractivity contribution in [3.8, 4) is 0 Å². The van der Waals surface area contributed by atoms with Crippen LogP contribution in [0.3, 0.4) is 0 Å². The Morgan fingerprint density at radius 3 is 2.54 bits per heavy atom. The van der Waals surface area contributed by atoms with Crippen molar-refractivity contribution in [2.75, 3.05) is 18.1 Å². The van der Waals surface area contributed by atoms with E-state index in [1.54, 1.807) is 0 Å². The molecule has 0 rings (SSSR count). The zero-order chi connectivity index (χ0) is 10.3. The molecular formula is C6H14N2O3S2. The molecule has 0 aromatic heterocycles. The van der Waals surface area contributed by atoms with Crippen LogP contribution in [0, 0.1) is 0 Å². The molecule has 0 heterocycles. The minimum atomic E-state index is -3.40. The van der Waals surface area contributed by atoms with Crippen LogP contribution < -0.4 is 10.5 Å². The lowest BCUT2D eigenvalue weighted by Gasteiger charge is -2.02. The Bertz CT molecular complexity index is 251. The lowest BCUT2D eigenvalue weighted by molar-refractivity contribution is -0.120. The Labute approximate surface area is 83.5 Å². The van der Waals surface area contributed by atoms with Gasteiger partial charge in [-0.05, 0) is 12.2 Å². The van der Waals surface area contributed by atoms with Gasteiger partial charge in [0.25, 0.3) is 0 Å². The molecule has 13 heavy (non-hydrogen) atoms. The minimum absolute atomic E-state index is 0.103. The highest BCUT2D eigenvalue weighted by molar-refractivity contribution is 7.89. The van der Waals surface area contributed by atoms with Gasteiger partial charge in [0.1, 0.15) is 0 Å². The van der Waals surface area contributed by atoms with E-state index in [0.29, 0.717) is 25.1 Å². The van der Waals surface area contributed by atoms with E-state index in [1.165, 1.54) is 0 Å². The standard InChI is InChI=1S/C6H14N2O3S2/c7-13(10,11)5-1-3-8-6(9)2-4-12/h12H,1-5H2,(H,8,9)(H2,7,10,11). The molecule has 0 aliphatic carbocycles. The van der Waals surface area contributed by atoms with E-state index in [-0.39, 0.29) is 11.7 Å². The predicted molar refractivity (Wildman–Crippen MR) is 54.1 cm³/mol. The van der Waals surface area contributed by atoms with Crippen molar-refractivity contribution in [2.45, 2.75) is 12.8 Å². The molecule has 0 aromatic rings. The Morgan fingerprint density at radius 1 is 1.46 bits per heavy atom. The minimum Gasteiger partial charge on any atom is -0.356 e. The molecule has 0 saturated heterocycles. The van der Waals surface area contributed by atoms with E-state index in [0.717, 1.165) is 0 Å².